The highest BCUT2D eigenvalue weighted by Gasteiger charge is 2.46. The van der Waals surface area contributed by atoms with Gasteiger partial charge in [0.15, 0.2) is 0 Å². The molecule has 0 aromatic heterocycles. The number of nitriles is 1. The molecule has 1 atom stereocenters. The quantitative estimate of drug-likeness (QED) is 0.553. The molecule has 5 heteroatoms. The summed E-state index contributed by atoms with van der Waals surface area (Å²) in [6.45, 7) is 7.14. The van der Waals surface area contributed by atoms with Gasteiger partial charge >= 0.3 is 0 Å². The Bertz CT molecular complexity index is 300. The summed E-state index contributed by atoms with van der Waals surface area (Å²) in [5, 5.41) is 12.9. The standard InChI is InChI=1S/C15H28N2O3/c1-13(2)17-15(11-16,14-5-6-14)12-20-8-4-7-19-10-9-18-3/h13-14,17H,4-10,12H2,1-3H3. The van der Waals surface area contributed by atoms with Gasteiger partial charge in [-0.25, -0.2) is 0 Å². The van der Waals surface area contributed by atoms with Gasteiger partial charge in [-0.1, -0.05) is 0 Å². The van der Waals surface area contributed by atoms with Gasteiger partial charge in [0.2, 0.25) is 0 Å². The molecule has 1 aliphatic carbocycles. The molecule has 20 heavy (non-hydrogen) atoms. The fourth-order valence-corrected chi connectivity index (χ4v) is 2.26. The van der Waals surface area contributed by atoms with E-state index < -0.39 is 5.54 Å². The summed E-state index contributed by atoms with van der Waals surface area (Å²) in [5.74, 6) is 0.438. The molecular weight excluding hydrogens is 256 g/mol. The maximum atomic E-state index is 9.50. The molecule has 1 aliphatic rings. The average molecular weight is 284 g/mol. The Hall–Kier alpha value is -0.670. The highest BCUT2D eigenvalue weighted by molar-refractivity contribution is 5.15. The summed E-state index contributed by atoms with van der Waals surface area (Å²) in [6.07, 6.45) is 3.09. The minimum absolute atomic E-state index is 0.288. The summed E-state index contributed by atoms with van der Waals surface area (Å²) in [5.41, 5.74) is -0.509. The van der Waals surface area contributed by atoms with Crippen LogP contribution in [0.3, 0.4) is 0 Å². The van der Waals surface area contributed by atoms with E-state index in [9.17, 15) is 5.26 Å². The first-order valence-corrected chi connectivity index (χ1v) is 7.48. The van der Waals surface area contributed by atoms with Crippen LogP contribution in [0.5, 0.6) is 0 Å². The van der Waals surface area contributed by atoms with Gasteiger partial charge in [0.05, 0.1) is 25.9 Å². The lowest BCUT2D eigenvalue weighted by atomic mass is 9.95. The van der Waals surface area contributed by atoms with E-state index in [2.05, 4.69) is 25.2 Å². The van der Waals surface area contributed by atoms with Crippen LogP contribution in [0.2, 0.25) is 0 Å². The first kappa shape index (κ1) is 17.4. The van der Waals surface area contributed by atoms with Crippen LogP contribution in [0.25, 0.3) is 0 Å². The molecule has 0 aromatic rings. The van der Waals surface area contributed by atoms with E-state index in [1.807, 2.05) is 0 Å². The minimum atomic E-state index is -0.509. The van der Waals surface area contributed by atoms with Crippen molar-refractivity contribution >= 4 is 0 Å². The number of methoxy groups -OCH3 is 1. The molecule has 1 fully saturated rings. The van der Waals surface area contributed by atoms with Crippen LogP contribution in [0.4, 0.5) is 0 Å². The second kappa shape index (κ2) is 9.30. The van der Waals surface area contributed by atoms with Gasteiger partial charge in [0.25, 0.3) is 0 Å². The third-order valence-electron chi connectivity index (χ3n) is 3.36. The maximum absolute atomic E-state index is 9.50. The van der Waals surface area contributed by atoms with E-state index >= 15 is 0 Å². The van der Waals surface area contributed by atoms with Crippen LogP contribution in [0, 0.1) is 17.2 Å². The number of rotatable bonds is 12. The first-order chi connectivity index (χ1) is 9.64. The largest absolute Gasteiger partial charge is 0.382 e. The Labute approximate surface area is 122 Å². The molecule has 1 rings (SSSR count). The fraction of sp³-hybridized carbons (Fsp3) is 0.933. The van der Waals surface area contributed by atoms with Crippen molar-refractivity contribution in [3.8, 4) is 6.07 Å². The second-order valence-electron chi connectivity index (χ2n) is 5.67. The van der Waals surface area contributed by atoms with Gasteiger partial charge in [0.1, 0.15) is 5.54 Å². The van der Waals surface area contributed by atoms with Gasteiger partial charge in [-0.2, -0.15) is 5.26 Å². The molecule has 0 bridgehead atoms. The van der Waals surface area contributed by atoms with Crippen molar-refractivity contribution in [2.24, 2.45) is 5.92 Å². The number of ether oxygens (including phenoxy) is 3. The van der Waals surface area contributed by atoms with E-state index in [1.54, 1.807) is 7.11 Å². The predicted octanol–water partition coefficient (Wildman–Crippen LogP) is 1.73. The lowest BCUT2D eigenvalue weighted by Crippen LogP contribution is -2.53. The fourth-order valence-electron chi connectivity index (χ4n) is 2.26. The highest BCUT2D eigenvalue weighted by atomic mass is 16.5. The summed E-state index contributed by atoms with van der Waals surface area (Å²) in [6, 6.07) is 2.73. The summed E-state index contributed by atoms with van der Waals surface area (Å²) in [4.78, 5) is 0. The van der Waals surface area contributed by atoms with Gasteiger partial charge in [0, 0.05) is 26.4 Å². The summed E-state index contributed by atoms with van der Waals surface area (Å²) >= 11 is 0. The van der Waals surface area contributed by atoms with Gasteiger partial charge in [-0.15, -0.1) is 0 Å². The minimum Gasteiger partial charge on any atom is -0.382 e. The summed E-state index contributed by atoms with van der Waals surface area (Å²) in [7, 11) is 1.66. The number of hydrogen-bond donors (Lipinski definition) is 1. The van der Waals surface area contributed by atoms with Crippen molar-refractivity contribution in [2.75, 3.05) is 40.1 Å². The zero-order valence-corrected chi connectivity index (χ0v) is 13.0. The molecule has 0 aliphatic heterocycles. The van der Waals surface area contributed by atoms with Crippen molar-refractivity contribution in [2.45, 2.75) is 44.7 Å². The van der Waals surface area contributed by atoms with E-state index in [1.165, 1.54) is 0 Å². The van der Waals surface area contributed by atoms with E-state index in [4.69, 9.17) is 14.2 Å². The van der Waals surface area contributed by atoms with Crippen LogP contribution < -0.4 is 5.32 Å². The monoisotopic (exact) mass is 284 g/mol. The molecule has 0 saturated heterocycles. The summed E-state index contributed by atoms with van der Waals surface area (Å²) < 4.78 is 16.0. The Balaban J connectivity index is 2.18. The van der Waals surface area contributed by atoms with Crippen LogP contribution in [0.15, 0.2) is 0 Å². The molecule has 0 aromatic carbocycles. The Morgan fingerprint density at radius 2 is 1.90 bits per heavy atom. The highest BCUT2D eigenvalue weighted by Crippen LogP contribution is 2.40. The van der Waals surface area contributed by atoms with Crippen LogP contribution >= 0.6 is 0 Å². The van der Waals surface area contributed by atoms with Crippen LogP contribution in [-0.4, -0.2) is 51.7 Å². The van der Waals surface area contributed by atoms with Gasteiger partial charge in [-0.05, 0) is 39.0 Å². The molecule has 0 radical (unpaired) electrons. The molecule has 0 spiro atoms. The van der Waals surface area contributed by atoms with Crippen molar-refractivity contribution < 1.29 is 14.2 Å². The van der Waals surface area contributed by atoms with Crippen LogP contribution in [0.1, 0.15) is 33.1 Å². The lowest BCUT2D eigenvalue weighted by Gasteiger charge is -2.30. The normalized spacial score (nSPS) is 17.9. The third kappa shape index (κ3) is 6.19. The van der Waals surface area contributed by atoms with Crippen molar-refractivity contribution in [3.05, 3.63) is 0 Å². The molecule has 0 heterocycles. The smallest absolute Gasteiger partial charge is 0.133 e. The SMILES string of the molecule is COCCOCCCOCC(C#N)(NC(C)C)C1CC1. The molecule has 5 nitrogen and oxygen atoms in total. The van der Waals surface area contributed by atoms with E-state index in [0.29, 0.717) is 39.0 Å². The van der Waals surface area contributed by atoms with Crippen LogP contribution in [-0.2, 0) is 14.2 Å². The number of nitrogens with zero attached hydrogens (tertiary/aromatic N) is 1. The van der Waals surface area contributed by atoms with Gasteiger partial charge < -0.3 is 14.2 Å². The third-order valence-corrected chi connectivity index (χ3v) is 3.36. The first-order valence-electron chi connectivity index (χ1n) is 7.48. The molecular formula is C15H28N2O3. The van der Waals surface area contributed by atoms with Crippen molar-refractivity contribution in [1.29, 1.82) is 5.26 Å². The molecule has 116 valence electrons. The van der Waals surface area contributed by atoms with Crippen molar-refractivity contribution in [1.82, 2.24) is 5.32 Å². The Kier molecular flexibility index (Phi) is 8.08. The average Bonchev–Trinajstić information content (AvgIpc) is 3.24. The molecule has 0 amide bonds. The maximum Gasteiger partial charge on any atom is 0.133 e. The predicted molar refractivity (Wildman–Crippen MR) is 77.5 cm³/mol. The zero-order chi connectivity index (χ0) is 14.8. The van der Waals surface area contributed by atoms with E-state index in [-0.39, 0.29) is 6.04 Å². The topological polar surface area (TPSA) is 63.5 Å². The molecule has 1 unspecified atom stereocenters. The Morgan fingerprint density at radius 3 is 2.45 bits per heavy atom. The van der Waals surface area contributed by atoms with E-state index in [0.717, 1.165) is 19.3 Å². The lowest BCUT2D eigenvalue weighted by molar-refractivity contribution is 0.0380. The second-order valence-corrected chi connectivity index (χ2v) is 5.67. The number of hydrogen-bond acceptors (Lipinski definition) is 5. The zero-order valence-electron chi connectivity index (χ0n) is 13.0. The Morgan fingerprint density at radius 1 is 1.20 bits per heavy atom. The molecule has 1 N–H and O–H groups in total. The van der Waals surface area contributed by atoms with Crippen molar-refractivity contribution in [3.63, 3.8) is 0 Å². The van der Waals surface area contributed by atoms with Gasteiger partial charge in [-0.3, -0.25) is 5.32 Å². The molecule has 1 saturated carbocycles. The number of nitrogens with one attached hydrogen (secondary N) is 1.